The normalized spacial score (nSPS) is 11.0. The largest absolute Gasteiger partial charge is 0.507 e. The van der Waals surface area contributed by atoms with Crippen molar-refractivity contribution in [1.29, 1.82) is 0 Å². The first-order valence-corrected chi connectivity index (χ1v) is 6.76. The number of hydrazone groups is 1. The minimum Gasteiger partial charge on any atom is -0.507 e. The van der Waals surface area contributed by atoms with Gasteiger partial charge in [0.15, 0.2) is 0 Å². The fourth-order valence-corrected chi connectivity index (χ4v) is 2.06. The van der Waals surface area contributed by atoms with Gasteiger partial charge < -0.3 is 5.11 Å². The molecular formula is C16H12N4O3. The Morgan fingerprint density at radius 3 is 2.83 bits per heavy atom. The molecule has 0 aliphatic rings. The van der Waals surface area contributed by atoms with Crippen LogP contribution in [0.3, 0.4) is 0 Å². The number of pyridine rings is 1. The van der Waals surface area contributed by atoms with Crippen LogP contribution in [0.4, 0.5) is 11.5 Å². The molecule has 3 rings (SSSR count). The lowest BCUT2D eigenvalue weighted by Gasteiger charge is -2.02. The van der Waals surface area contributed by atoms with Crippen molar-refractivity contribution in [2.24, 2.45) is 5.10 Å². The van der Waals surface area contributed by atoms with Gasteiger partial charge in [-0.2, -0.15) is 5.10 Å². The second-order valence-corrected chi connectivity index (χ2v) is 4.76. The maximum Gasteiger partial charge on any atom is 0.270 e. The van der Waals surface area contributed by atoms with Gasteiger partial charge in [-0.05, 0) is 24.3 Å². The third kappa shape index (κ3) is 3.24. The number of benzene rings is 2. The lowest BCUT2D eigenvalue weighted by molar-refractivity contribution is -0.384. The third-order valence-electron chi connectivity index (χ3n) is 3.20. The van der Waals surface area contributed by atoms with E-state index in [9.17, 15) is 15.2 Å². The summed E-state index contributed by atoms with van der Waals surface area (Å²) in [5.41, 5.74) is 3.69. The number of nitro benzene ring substituents is 1. The van der Waals surface area contributed by atoms with Crippen molar-refractivity contribution in [3.05, 3.63) is 70.3 Å². The molecule has 0 saturated carbocycles. The average molecular weight is 308 g/mol. The quantitative estimate of drug-likeness (QED) is 0.437. The number of nitro groups is 1. The van der Waals surface area contributed by atoms with Crippen LogP contribution in [0.5, 0.6) is 5.75 Å². The Morgan fingerprint density at radius 2 is 2.00 bits per heavy atom. The average Bonchev–Trinajstić information content (AvgIpc) is 2.56. The van der Waals surface area contributed by atoms with Crippen LogP contribution in [0.1, 0.15) is 5.56 Å². The van der Waals surface area contributed by atoms with Crippen molar-refractivity contribution in [1.82, 2.24) is 4.98 Å². The Hall–Kier alpha value is -3.48. The summed E-state index contributed by atoms with van der Waals surface area (Å²) in [6, 6.07) is 15.1. The summed E-state index contributed by atoms with van der Waals surface area (Å²) in [7, 11) is 0. The van der Waals surface area contributed by atoms with Crippen LogP contribution < -0.4 is 5.43 Å². The number of para-hydroxylation sites is 1. The molecule has 1 heterocycles. The molecular weight excluding hydrogens is 296 g/mol. The predicted molar refractivity (Wildman–Crippen MR) is 87.7 cm³/mol. The summed E-state index contributed by atoms with van der Waals surface area (Å²) in [6.45, 7) is 0. The van der Waals surface area contributed by atoms with Gasteiger partial charge in [0.2, 0.25) is 0 Å². The fraction of sp³-hybridized carbons (Fsp3) is 0. The minimum absolute atomic E-state index is 0.0902. The molecule has 114 valence electrons. The number of fused-ring (bicyclic) bond motifs is 1. The highest BCUT2D eigenvalue weighted by atomic mass is 16.6. The van der Waals surface area contributed by atoms with Crippen LogP contribution >= 0.6 is 0 Å². The minimum atomic E-state index is -0.533. The Kier molecular flexibility index (Phi) is 3.84. The standard InChI is InChI=1S/C16H12N4O3/c21-15-7-6-13(20(22)23)9-12(15)10-17-19-16-8-5-11-3-1-2-4-14(11)18-16/h1-10,21H,(H,18,19)/b17-10-. The van der Waals surface area contributed by atoms with Crippen LogP contribution in [-0.4, -0.2) is 21.2 Å². The van der Waals surface area contributed by atoms with Crippen LogP contribution in [0.25, 0.3) is 10.9 Å². The second kappa shape index (κ2) is 6.10. The number of hydrogen-bond donors (Lipinski definition) is 2. The molecule has 2 N–H and O–H groups in total. The predicted octanol–water partition coefficient (Wildman–Crippen LogP) is 3.29. The SMILES string of the molecule is O=[N+]([O-])c1ccc(O)c(/C=N\Nc2ccc3ccccc3n2)c1. The Balaban J connectivity index is 1.80. The van der Waals surface area contributed by atoms with Crippen molar-refractivity contribution in [3.63, 3.8) is 0 Å². The number of phenols is 1. The summed E-state index contributed by atoms with van der Waals surface area (Å²) >= 11 is 0. The molecule has 3 aromatic rings. The monoisotopic (exact) mass is 308 g/mol. The Morgan fingerprint density at radius 1 is 1.17 bits per heavy atom. The summed E-state index contributed by atoms with van der Waals surface area (Å²) < 4.78 is 0. The van der Waals surface area contributed by atoms with Gasteiger partial charge in [0.05, 0.1) is 16.7 Å². The van der Waals surface area contributed by atoms with E-state index in [1.807, 2.05) is 30.3 Å². The molecule has 0 unspecified atom stereocenters. The van der Waals surface area contributed by atoms with Crippen LogP contribution in [-0.2, 0) is 0 Å². The highest BCUT2D eigenvalue weighted by molar-refractivity contribution is 5.85. The highest BCUT2D eigenvalue weighted by Gasteiger charge is 2.08. The highest BCUT2D eigenvalue weighted by Crippen LogP contribution is 2.21. The van der Waals surface area contributed by atoms with E-state index in [1.54, 1.807) is 6.07 Å². The van der Waals surface area contributed by atoms with E-state index in [2.05, 4.69) is 15.5 Å². The maximum atomic E-state index is 10.7. The van der Waals surface area contributed by atoms with E-state index < -0.39 is 4.92 Å². The molecule has 7 heteroatoms. The van der Waals surface area contributed by atoms with Gasteiger partial charge in [-0.3, -0.25) is 15.5 Å². The molecule has 2 aromatic carbocycles. The number of aromatic nitrogens is 1. The third-order valence-corrected chi connectivity index (χ3v) is 3.20. The van der Waals surface area contributed by atoms with Gasteiger partial charge >= 0.3 is 0 Å². The summed E-state index contributed by atoms with van der Waals surface area (Å²) in [5.74, 6) is 0.442. The number of aromatic hydroxyl groups is 1. The Bertz CT molecular complexity index is 909. The number of anilines is 1. The number of nitrogens with zero attached hydrogens (tertiary/aromatic N) is 3. The van der Waals surface area contributed by atoms with E-state index in [4.69, 9.17) is 0 Å². The zero-order chi connectivity index (χ0) is 16.2. The molecule has 0 spiro atoms. The van der Waals surface area contributed by atoms with Gasteiger partial charge in [-0.25, -0.2) is 4.98 Å². The number of hydrogen-bond acceptors (Lipinski definition) is 6. The molecule has 0 amide bonds. The van der Waals surface area contributed by atoms with Crippen molar-refractivity contribution >= 4 is 28.6 Å². The molecule has 7 nitrogen and oxygen atoms in total. The van der Waals surface area contributed by atoms with Gasteiger partial charge in [-0.15, -0.1) is 0 Å². The summed E-state index contributed by atoms with van der Waals surface area (Å²) in [6.07, 6.45) is 1.30. The first-order chi connectivity index (χ1) is 11.1. The van der Waals surface area contributed by atoms with Crippen LogP contribution in [0.15, 0.2) is 59.7 Å². The fourth-order valence-electron chi connectivity index (χ4n) is 2.06. The van der Waals surface area contributed by atoms with Gasteiger partial charge in [0, 0.05) is 23.1 Å². The van der Waals surface area contributed by atoms with Crippen molar-refractivity contribution in [3.8, 4) is 5.75 Å². The topological polar surface area (TPSA) is 101 Å². The molecule has 0 atom stereocenters. The molecule has 0 fully saturated rings. The molecule has 0 bridgehead atoms. The lowest BCUT2D eigenvalue weighted by atomic mass is 10.2. The number of phenolic OH excluding ortho intramolecular Hbond substituents is 1. The van der Waals surface area contributed by atoms with E-state index in [0.717, 1.165) is 10.9 Å². The first-order valence-electron chi connectivity index (χ1n) is 6.76. The maximum absolute atomic E-state index is 10.7. The zero-order valence-corrected chi connectivity index (χ0v) is 11.9. The first kappa shape index (κ1) is 14.5. The summed E-state index contributed by atoms with van der Waals surface area (Å²) in [5, 5.41) is 25.4. The molecule has 0 aliphatic heterocycles. The van der Waals surface area contributed by atoms with Crippen LogP contribution in [0.2, 0.25) is 0 Å². The smallest absolute Gasteiger partial charge is 0.270 e. The number of rotatable bonds is 4. The van der Waals surface area contributed by atoms with Gasteiger partial charge in [-0.1, -0.05) is 18.2 Å². The summed E-state index contributed by atoms with van der Waals surface area (Å²) in [4.78, 5) is 14.6. The van der Waals surface area contributed by atoms with Gasteiger partial charge in [0.1, 0.15) is 11.6 Å². The van der Waals surface area contributed by atoms with E-state index in [-0.39, 0.29) is 17.0 Å². The molecule has 0 radical (unpaired) electrons. The molecule has 0 aliphatic carbocycles. The van der Waals surface area contributed by atoms with Crippen molar-refractivity contribution < 1.29 is 10.0 Å². The molecule has 23 heavy (non-hydrogen) atoms. The van der Waals surface area contributed by atoms with E-state index >= 15 is 0 Å². The molecule has 1 aromatic heterocycles. The number of nitrogens with one attached hydrogen (secondary N) is 1. The number of non-ortho nitro benzene ring substituents is 1. The van der Waals surface area contributed by atoms with Crippen molar-refractivity contribution in [2.45, 2.75) is 0 Å². The second-order valence-electron chi connectivity index (χ2n) is 4.76. The molecule has 0 saturated heterocycles. The lowest BCUT2D eigenvalue weighted by Crippen LogP contribution is -1.95. The van der Waals surface area contributed by atoms with Crippen LogP contribution in [0, 0.1) is 10.1 Å². The Labute approximate surface area is 131 Å². The zero-order valence-electron chi connectivity index (χ0n) is 11.9. The van der Waals surface area contributed by atoms with Crippen molar-refractivity contribution in [2.75, 3.05) is 5.43 Å². The van der Waals surface area contributed by atoms with E-state index in [0.29, 0.717) is 5.82 Å². The van der Waals surface area contributed by atoms with E-state index in [1.165, 1.54) is 24.4 Å². The van der Waals surface area contributed by atoms with Gasteiger partial charge in [0.25, 0.3) is 5.69 Å².